The van der Waals surface area contributed by atoms with Gasteiger partial charge in [-0.1, -0.05) is 18.2 Å². The second-order valence-electron chi connectivity index (χ2n) is 9.87. The molecule has 0 saturated heterocycles. The van der Waals surface area contributed by atoms with Crippen molar-refractivity contribution in [1.82, 2.24) is 20.0 Å². The standard InChI is InChI=1S/C25H30N4O4S2/c1-25(2,3)29-35(32,33)22-13-17(18-5-4-12-26-14-18)8-11-20(22)21-15-27-23(34-21)16-6-9-19(10-7-16)28-24(30)31/h4-5,8,11-16,19,28-29H,6-7,9-10H2,1-3H3,(H,30,31)/t16-,19-. The second-order valence-corrected chi connectivity index (χ2v) is 12.6. The minimum absolute atomic E-state index is 0.0246. The summed E-state index contributed by atoms with van der Waals surface area (Å²) in [6.07, 6.45) is 7.36. The Morgan fingerprint density at radius 2 is 1.83 bits per heavy atom. The van der Waals surface area contributed by atoms with Crippen molar-refractivity contribution in [2.24, 2.45) is 0 Å². The average molecular weight is 515 g/mol. The van der Waals surface area contributed by atoms with Gasteiger partial charge in [0.25, 0.3) is 0 Å². The maximum absolute atomic E-state index is 13.5. The van der Waals surface area contributed by atoms with Gasteiger partial charge in [-0.25, -0.2) is 22.9 Å². The number of carbonyl (C=O) groups is 1. The number of thiazole rings is 1. The summed E-state index contributed by atoms with van der Waals surface area (Å²) in [7, 11) is -3.82. The van der Waals surface area contributed by atoms with Crippen molar-refractivity contribution in [2.75, 3.05) is 0 Å². The Morgan fingerprint density at radius 3 is 2.46 bits per heavy atom. The molecule has 1 aromatic carbocycles. The Kier molecular flexibility index (Phi) is 7.25. The summed E-state index contributed by atoms with van der Waals surface area (Å²) in [5.41, 5.74) is 1.58. The topological polar surface area (TPSA) is 121 Å². The third kappa shape index (κ3) is 6.25. The first-order valence-electron chi connectivity index (χ1n) is 11.6. The maximum Gasteiger partial charge on any atom is 0.404 e. The van der Waals surface area contributed by atoms with Gasteiger partial charge in [-0.05, 0) is 64.2 Å². The SMILES string of the molecule is CC(C)(C)NS(=O)(=O)c1cc(-c2cccnc2)ccc1-c1cnc([C@H]2CC[C@H](NC(=O)O)CC2)s1. The first kappa shape index (κ1) is 25.3. The summed E-state index contributed by atoms with van der Waals surface area (Å²) in [4.78, 5) is 20.7. The quantitative estimate of drug-likeness (QED) is 0.413. The van der Waals surface area contributed by atoms with Crippen LogP contribution >= 0.6 is 11.3 Å². The lowest BCUT2D eigenvalue weighted by Crippen LogP contribution is -2.40. The van der Waals surface area contributed by atoms with Gasteiger partial charge in [0, 0.05) is 47.2 Å². The molecule has 1 fully saturated rings. The fourth-order valence-corrected chi connectivity index (χ4v) is 7.24. The highest BCUT2D eigenvalue weighted by molar-refractivity contribution is 7.89. The molecule has 8 nitrogen and oxygen atoms in total. The molecule has 10 heteroatoms. The van der Waals surface area contributed by atoms with E-state index >= 15 is 0 Å². The number of nitrogens with zero attached hydrogens (tertiary/aromatic N) is 2. The number of rotatable bonds is 6. The third-order valence-electron chi connectivity index (χ3n) is 5.90. The predicted molar refractivity (Wildman–Crippen MR) is 137 cm³/mol. The molecule has 4 rings (SSSR count). The molecule has 0 atom stereocenters. The molecule has 186 valence electrons. The van der Waals surface area contributed by atoms with E-state index in [9.17, 15) is 13.2 Å². The van der Waals surface area contributed by atoms with E-state index < -0.39 is 21.7 Å². The molecule has 3 N–H and O–H groups in total. The van der Waals surface area contributed by atoms with E-state index in [0.717, 1.165) is 46.7 Å². The third-order valence-corrected chi connectivity index (χ3v) is 8.89. The molecule has 0 unspecified atom stereocenters. The number of carboxylic acid groups (broad SMARTS) is 1. The van der Waals surface area contributed by atoms with Gasteiger partial charge in [0.1, 0.15) is 0 Å². The molecule has 1 amide bonds. The van der Waals surface area contributed by atoms with Crippen molar-refractivity contribution in [1.29, 1.82) is 0 Å². The highest BCUT2D eigenvalue weighted by atomic mass is 32.2. The van der Waals surface area contributed by atoms with Gasteiger partial charge in [0.15, 0.2) is 0 Å². The summed E-state index contributed by atoms with van der Waals surface area (Å²) in [5, 5.41) is 12.5. The van der Waals surface area contributed by atoms with E-state index in [4.69, 9.17) is 5.11 Å². The highest BCUT2D eigenvalue weighted by Gasteiger charge is 2.28. The van der Waals surface area contributed by atoms with Gasteiger partial charge in [-0.2, -0.15) is 0 Å². The van der Waals surface area contributed by atoms with Crippen molar-refractivity contribution in [2.45, 2.75) is 68.8 Å². The molecule has 0 spiro atoms. The number of hydrogen-bond acceptors (Lipinski definition) is 6. The fraction of sp³-hybridized carbons (Fsp3) is 0.400. The van der Waals surface area contributed by atoms with Gasteiger partial charge in [-0.15, -0.1) is 11.3 Å². The lowest BCUT2D eigenvalue weighted by molar-refractivity contribution is 0.185. The monoisotopic (exact) mass is 514 g/mol. The maximum atomic E-state index is 13.5. The smallest absolute Gasteiger partial charge is 0.404 e. The van der Waals surface area contributed by atoms with Crippen LogP contribution in [0.1, 0.15) is 57.4 Å². The van der Waals surface area contributed by atoms with E-state index in [-0.39, 0.29) is 16.9 Å². The molecular formula is C25H30N4O4S2. The van der Waals surface area contributed by atoms with E-state index in [1.54, 1.807) is 24.7 Å². The number of benzene rings is 1. The van der Waals surface area contributed by atoms with Gasteiger partial charge >= 0.3 is 6.09 Å². The zero-order valence-electron chi connectivity index (χ0n) is 20.0. The van der Waals surface area contributed by atoms with Crippen LogP contribution in [0.15, 0.2) is 53.8 Å². The van der Waals surface area contributed by atoms with Crippen molar-refractivity contribution < 1.29 is 18.3 Å². The van der Waals surface area contributed by atoms with Crippen LogP contribution in [0.25, 0.3) is 21.6 Å². The van der Waals surface area contributed by atoms with Crippen LogP contribution in [0.3, 0.4) is 0 Å². The second kappa shape index (κ2) is 10.0. The first-order valence-corrected chi connectivity index (χ1v) is 13.9. The van der Waals surface area contributed by atoms with Crippen LogP contribution in [0.4, 0.5) is 4.79 Å². The summed E-state index contributed by atoms with van der Waals surface area (Å²) >= 11 is 1.51. The molecule has 3 aromatic rings. The van der Waals surface area contributed by atoms with Crippen LogP contribution in [0.5, 0.6) is 0 Å². The lowest BCUT2D eigenvalue weighted by atomic mass is 9.86. The average Bonchev–Trinajstić information content (AvgIpc) is 3.28. The van der Waals surface area contributed by atoms with E-state index in [0.29, 0.717) is 5.56 Å². The van der Waals surface area contributed by atoms with Crippen LogP contribution in [0, 0.1) is 0 Å². The van der Waals surface area contributed by atoms with Crippen LogP contribution < -0.4 is 10.0 Å². The lowest BCUT2D eigenvalue weighted by Gasteiger charge is -2.27. The van der Waals surface area contributed by atoms with Gasteiger partial charge < -0.3 is 10.4 Å². The Hall–Kier alpha value is -2.82. The summed E-state index contributed by atoms with van der Waals surface area (Å²) in [6.45, 7) is 5.45. The molecule has 1 aliphatic carbocycles. The minimum Gasteiger partial charge on any atom is -0.465 e. The molecule has 1 aliphatic rings. The Labute approximate surface area is 209 Å². The number of hydrogen-bond donors (Lipinski definition) is 3. The largest absolute Gasteiger partial charge is 0.465 e. The molecular weight excluding hydrogens is 484 g/mol. The number of amides is 1. The van der Waals surface area contributed by atoms with Crippen LogP contribution in [-0.2, 0) is 10.0 Å². The molecule has 0 radical (unpaired) electrons. The predicted octanol–water partition coefficient (Wildman–Crippen LogP) is 5.24. The fourth-order valence-electron chi connectivity index (χ4n) is 4.38. The number of sulfonamides is 1. The van der Waals surface area contributed by atoms with Crippen molar-refractivity contribution in [3.05, 3.63) is 53.9 Å². The van der Waals surface area contributed by atoms with Crippen LogP contribution in [-0.4, -0.2) is 41.2 Å². The molecule has 0 aliphatic heterocycles. The number of pyridine rings is 1. The number of nitrogens with one attached hydrogen (secondary N) is 2. The van der Waals surface area contributed by atoms with Crippen molar-refractivity contribution in [3.63, 3.8) is 0 Å². The Morgan fingerprint density at radius 1 is 1.09 bits per heavy atom. The molecule has 0 bridgehead atoms. The van der Waals surface area contributed by atoms with Crippen molar-refractivity contribution >= 4 is 27.5 Å². The van der Waals surface area contributed by atoms with E-state index in [1.165, 1.54) is 11.3 Å². The normalized spacial score (nSPS) is 18.8. The summed E-state index contributed by atoms with van der Waals surface area (Å²) in [5.74, 6) is 0.239. The van der Waals surface area contributed by atoms with Crippen LogP contribution in [0.2, 0.25) is 0 Å². The summed E-state index contributed by atoms with van der Waals surface area (Å²) in [6, 6.07) is 9.14. The first-order chi connectivity index (χ1) is 16.5. The highest BCUT2D eigenvalue weighted by Crippen LogP contribution is 2.40. The van der Waals surface area contributed by atoms with E-state index in [1.807, 2.05) is 45.0 Å². The van der Waals surface area contributed by atoms with Gasteiger partial charge in [0.05, 0.1) is 14.8 Å². The van der Waals surface area contributed by atoms with Gasteiger partial charge in [0.2, 0.25) is 10.0 Å². The molecule has 2 aromatic heterocycles. The zero-order valence-corrected chi connectivity index (χ0v) is 21.6. The Bertz CT molecular complexity index is 1290. The van der Waals surface area contributed by atoms with Crippen molar-refractivity contribution in [3.8, 4) is 21.6 Å². The van der Waals surface area contributed by atoms with Gasteiger partial charge in [-0.3, -0.25) is 4.98 Å². The minimum atomic E-state index is -3.82. The number of aromatic nitrogens is 2. The Balaban J connectivity index is 1.67. The van der Waals surface area contributed by atoms with E-state index in [2.05, 4.69) is 20.0 Å². The zero-order chi connectivity index (χ0) is 25.2. The summed E-state index contributed by atoms with van der Waals surface area (Å²) < 4.78 is 29.7. The molecule has 2 heterocycles. The molecule has 35 heavy (non-hydrogen) atoms. The molecule has 1 saturated carbocycles.